The molecule has 7 heteroatoms. The van der Waals surface area contributed by atoms with E-state index in [-0.39, 0.29) is 37.1 Å². The largest absolute Gasteiger partial charge is 0.370 e. The number of rotatable bonds is 6. The molecule has 1 unspecified atom stereocenters. The van der Waals surface area contributed by atoms with Gasteiger partial charge < -0.3 is 16.4 Å². The lowest BCUT2D eigenvalue weighted by Crippen LogP contribution is -2.45. The zero-order valence-corrected chi connectivity index (χ0v) is 12.0. The Morgan fingerprint density at radius 3 is 2.55 bits per heavy atom. The molecule has 5 nitrogen and oxygen atoms in total. The highest BCUT2D eigenvalue weighted by Crippen LogP contribution is 2.08. The van der Waals surface area contributed by atoms with Gasteiger partial charge in [0.15, 0.2) is 0 Å². The maximum Gasteiger partial charge on any atom is 0.240 e. The molecular formula is C13H19ClFN3O2. The highest BCUT2D eigenvalue weighted by molar-refractivity contribution is 5.87. The van der Waals surface area contributed by atoms with Gasteiger partial charge >= 0.3 is 0 Å². The summed E-state index contributed by atoms with van der Waals surface area (Å²) in [4.78, 5) is 24.2. The van der Waals surface area contributed by atoms with Gasteiger partial charge in [-0.25, -0.2) is 4.39 Å². The van der Waals surface area contributed by atoms with E-state index < -0.39 is 11.9 Å². The van der Waals surface area contributed by atoms with Crippen LogP contribution in [0.2, 0.25) is 0 Å². The summed E-state index contributed by atoms with van der Waals surface area (Å²) in [5.41, 5.74) is 11.3. The van der Waals surface area contributed by atoms with Crippen molar-refractivity contribution in [1.29, 1.82) is 0 Å². The topological polar surface area (TPSA) is 89.4 Å². The van der Waals surface area contributed by atoms with Crippen molar-refractivity contribution in [3.63, 3.8) is 0 Å². The maximum atomic E-state index is 13.1. The molecule has 1 aromatic rings. The van der Waals surface area contributed by atoms with Crippen LogP contribution in [-0.4, -0.2) is 29.3 Å². The predicted octanol–water partition coefficient (Wildman–Crippen LogP) is 0.799. The van der Waals surface area contributed by atoms with E-state index in [1.807, 2.05) is 0 Å². The molecule has 1 aromatic carbocycles. The maximum absolute atomic E-state index is 13.1. The molecule has 0 radical (unpaired) electrons. The van der Waals surface area contributed by atoms with Gasteiger partial charge in [0.25, 0.3) is 0 Å². The molecule has 0 saturated heterocycles. The summed E-state index contributed by atoms with van der Waals surface area (Å²) >= 11 is 0. The van der Waals surface area contributed by atoms with Crippen molar-refractivity contribution in [3.8, 4) is 0 Å². The Balaban J connectivity index is 0.00000361. The predicted molar refractivity (Wildman–Crippen MR) is 76.5 cm³/mol. The van der Waals surface area contributed by atoms with Gasteiger partial charge in [0, 0.05) is 13.1 Å². The van der Waals surface area contributed by atoms with Crippen molar-refractivity contribution < 1.29 is 14.0 Å². The molecule has 4 N–H and O–H groups in total. The summed E-state index contributed by atoms with van der Waals surface area (Å²) < 4.78 is 13.1. The second-order valence-corrected chi connectivity index (χ2v) is 4.26. The Morgan fingerprint density at radius 2 is 2.05 bits per heavy atom. The van der Waals surface area contributed by atoms with Gasteiger partial charge in [-0.05, 0) is 24.6 Å². The summed E-state index contributed by atoms with van der Waals surface area (Å²) in [5.74, 6) is -1.35. The Kier molecular flexibility index (Phi) is 7.79. The van der Waals surface area contributed by atoms with E-state index in [2.05, 4.69) is 0 Å². The van der Waals surface area contributed by atoms with Crippen molar-refractivity contribution in [2.24, 2.45) is 11.5 Å². The number of amides is 2. The van der Waals surface area contributed by atoms with Gasteiger partial charge in [-0.1, -0.05) is 12.1 Å². The molecule has 1 rings (SSSR count). The zero-order chi connectivity index (χ0) is 14.4. The van der Waals surface area contributed by atoms with Gasteiger partial charge in [0.1, 0.15) is 5.82 Å². The van der Waals surface area contributed by atoms with Crippen LogP contribution >= 0.6 is 12.4 Å². The summed E-state index contributed by atoms with van der Waals surface area (Å²) in [6.07, 6.45) is -0.196. The lowest BCUT2D eigenvalue weighted by Gasteiger charge is -2.24. The molecule has 0 bridgehead atoms. The number of carbonyl (C=O) groups excluding carboxylic acids is 2. The summed E-state index contributed by atoms with van der Waals surface area (Å²) in [7, 11) is 0. The quantitative estimate of drug-likeness (QED) is 0.814. The Hall–Kier alpha value is -1.66. The average molecular weight is 304 g/mol. The van der Waals surface area contributed by atoms with E-state index in [1.165, 1.54) is 17.0 Å². The molecule has 0 aliphatic heterocycles. The number of nitrogens with two attached hydrogens (primary N) is 2. The van der Waals surface area contributed by atoms with Crippen molar-refractivity contribution in [2.45, 2.75) is 25.9 Å². The van der Waals surface area contributed by atoms with Gasteiger partial charge in [-0.2, -0.15) is 0 Å². The van der Waals surface area contributed by atoms with Gasteiger partial charge in [0.05, 0.1) is 12.5 Å². The third-order valence-electron chi connectivity index (χ3n) is 2.69. The molecular weight excluding hydrogens is 285 g/mol. The number of hydrogen-bond acceptors (Lipinski definition) is 3. The van der Waals surface area contributed by atoms with Crippen LogP contribution in [0.1, 0.15) is 18.9 Å². The SMILES string of the molecule is CCN(Cc1cccc(F)c1)C(=O)C(N)CC(N)=O.Cl. The first-order valence-electron chi connectivity index (χ1n) is 6.01. The monoisotopic (exact) mass is 303 g/mol. The number of hydrogen-bond donors (Lipinski definition) is 2. The molecule has 112 valence electrons. The lowest BCUT2D eigenvalue weighted by molar-refractivity contribution is -0.135. The van der Waals surface area contributed by atoms with Gasteiger partial charge in [-0.3, -0.25) is 9.59 Å². The number of benzene rings is 1. The van der Waals surface area contributed by atoms with E-state index in [0.717, 1.165) is 0 Å². The van der Waals surface area contributed by atoms with E-state index in [0.29, 0.717) is 12.1 Å². The zero-order valence-electron chi connectivity index (χ0n) is 11.2. The Morgan fingerprint density at radius 1 is 1.40 bits per heavy atom. The number of carbonyl (C=O) groups is 2. The van der Waals surface area contributed by atoms with Crippen molar-refractivity contribution in [2.75, 3.05) is 6.54 Å². The minimum absolute atomic E-state index is 0. The summed E-state index contributed by atoms with van der Waals surface area (Å²) in [6.45, 7) is 2.45. The second kappa shape index (κ2) is 8.50. The van der Waals surface area contributed by atoms with Crippen LogP contribution in [0.3, 0.4) is 0 Å². The van der Waals surface area contributed by atoms with Crippen LogP contribution in [-0.2, 0) is 16.1 Å². The van der Waals surface area contributed by atoms with Crippen LogP contribution in [0, 0.1) is 5.82 Å². The first-order valence-corrected chi connectivity index (χ1v) is 6.01. The normalized spacial score (nSPS) is 11.3. The minimum atomic E-state index is -0.953. The van der Waals surface area contributed by atoms with Gasteiger partial charge in [0.2, 0.25) is 11.8 Å². The molecule has 0 saturated carbocycles. The molecule has 2 amide bonds. The highest BCUT2D eigenvalue weighted by atomic mass is 35.5. The Labute approximate surface area is 123 Å². The van der Waals surface area contributed by atoms with E-state index in [1.54, 1.807) is 19.1 Å². The first kappa shape index (κ1) is 18.3. The first-order chi connectivity index (χ1) is 8.93. The standard InChI is InChI=1S/C13H18FN3O2.ClH/c1-2-17(13(19)11(15)7-12(16)18)8-9-4-3-5-10(14)6-9;/h3-6,11H,2,7-8,15H2,1H3,(H2,16,18);1H. The molecule has 0 heterocycles. The molecule has 0 aliphatic carbocycles. The number of halogens is 2. The Bertz CT molecular complexity index is 471. The van der Waals surface area contributed by atoms with E-state index >= 15 is 0 Å². The van der Waals surface area contributed by atoms with Crippen LogP contribution < -0.4 is 11.5 Å². The van der Waals surface area contributed by atoms with Crippen LogP contribution in [0.15, 0.2) is 24.3 Å². The molecule has 0 fully saturated rings. The van der Waals surface area contributed by atoms with Crippen molar-refractivity contribution in [3.05, 3.63) is 35.6 Å². The van der Waals surface area contributed by atoms with Crippen LogP contribution in [0.4, 0.5) is 4.39 Å². The van der Waals surface area contributed by atoms with Crippen LogP contribution in [0.5, 0.6) is 0 Å². The number of nitrogens with zero attached hydrogens (tertiary/aromatic N) is 1. The number of primary amides is 1. The summed E-state index contributed by atoms with van der Waals surface area (Å²) in [6, 6.07) is 5.03. The van der Waals surface area contributed by atoms with Crippen molar-refractivity contribution in [1.82, 2.24) is 4.90 Å². The highest BCUT2D eigenvalue weighted by Gasteiger charge is 2.21. The molecule has 0 aliphatic rings. The van der Waals surface area contributed by atoms with Gasteiger partial charge in [-0.15, -0.1) is 12.4 Å². The van der Waals surface area contributed by atoms with E-state index in [4.69, 9.17) is 11.5 Å². The summed E-state index contributed by atoms with van der Waals surface area (Å²) in [5, 5.41) is 0. The lowest BCUT2D eigenvalue weighted by atomic mass is 10.1. The average Bonchev–Trinajstić information content (AvgIpc) is 2.34. The third-order valence-corrected chi connectivity index (χ3v) is 2.69. The van der Waals surface area contributed by atoms with Crippen LogP contribution in [0.25, 0.3) is 0 Å². The molecule has 0 aromatic heterocycles. The fraction of sp³-hybridized carbons (Fsp3) is 0.385. The second-order valence-electron chi connectivity index (χ2n) is 4.26. The van der Waals surface area contributed by atoms with Crippen molar-refractivity contribution >= 4 is 24.2 Å². The van der Waals surface area contributed by atoms with E-state index in [9.17, 15) is 14.0 Å². The smallest absolute Gasteiger partial charge is 0.240 e. The fourth-order valence-corrected chi connectivity index (χ4v) is 1.74. The molecule has 1 atom stereocenters. The molecule has 0 spiro atoms. The number of likely N-dealkylation sites (N-methyl/N-ethyl adjacent to an activating group) is 1. The molecule has 20 heavy (non-hydrogen) atoms. The third kappa shape index (κ3) is 5.54. The fourth-order valence-electron chi connectivity index (χ4n) is 1.74. The minimum Gasteiger partial charge on any atom is -0.370 e.